The molecule has 0 bridgehead atoms. The number of hydrogen-bond donors (Lipinski definition) is 2. The van der Waals surface area contributed by atoms with Crippen molar-refractivity contribution >= 4 is 39.0 Å². The van der Waals surface area contributed by atoms with Crippen LogP contribution < -0.4 is 10.6 Å². The molecule has 2 N–H and O–H groups in total. The lowest BCUT2D eigenvalue weighted by molar-refractivity contribution is 0.102. The Labute approximate surface area is 154 Å². The predicted octanol–water partition coefficient (Wildman–Crippen LogP) is 4.80. The van der Waals surface area contributed by atoms with Crippen molar-refractivity contribution in [3.05, 3.63) is 76.7 Å². The Bertz CT molecular complexity index is 863. The van der Waals surface area contributed by atoms with Crippen molar-refractivity contribution in [2.75, 3.05) is 10.6 Å². The minimum atomic E-state index is -0.307. The van der Waals surface area contributed by atoms with Gasteiger partial charge in [-0.1, -0.05) is 31.2 Å². The highest BCUT2D eigenvalue weighted by Crippen LogP contribution is 2.21. The topological polar surface area (TPSA) is 66.9 Å². The molecule has 1 amide bonds. The Morgan fingerprint density at radius 1 is 1.04 bits per heavy atom. The van der Waals surface area contributed by atoms with Crippen molar-refractivity contribution in [2.24, 2.45) is 0 Å². The van der Waals surface area contributed by atoms with Gasteiger partial charge in [0.2, 0.25) is 0 Å². The first kappa shape index (κ1) is 17.1. The van der Waals surface area contributed by atoms with E-state index in [9.17, 15) is 4.79 Å². The second-order valence-corrected chi connectivity index (χ2v) is 6.25. The molecule has 0 unspecified atom stereocenters. The predicted molar refractivity (Wildman–Crippen MR) is 103 cm³/mol. The number of halogens is 1. The number of rotatable bonds is 5. The summed E-state index contributed by atoms with van der Waals surface area (Å²) in [6.45, 7) is 2.12. The molecule has 0 aliphatic carbocycles. The van der Waals surface area contributed by atoms with Gasteiger partial charge in [0.25, 0.3) is 5.91 Å². The largest absolute Gasteiger partial charge is 0.339 e. The first-order valence-electron chi connectivity index (χ1n) is 7.89. The van der Waals surface area contributed by atoms with E-state index < -0.39 is 0 Å². The lowest BCUT2D eigenvalue weighted by Crippen LogP contribution is -2.14. The summed E-state index contributed by atoms with van der Waals surface area (Å²) in [6.07, 6.45) is 4.00. The Morgan fingerprint density at radius 2 is 1.80 bits per heavy atom. The number of para-hydroxylation sites is 1. The van der Waals surface area contributed by atoms with Gasteiger partial charge in [-0.15, -0.1) is 0 Å². The molecule has 0 aliphatic heterocycles. The van der Waals surface area contributed by atoms with Crippen LogP contribution in [0.25, 0.3) is 0 Å². The van der Waals surface area contributed by atoms with E-state index in [1.54, 1.807) is 6.20 Å². The van der Waals surface area contributed by atoms with E-state index in [0.717, 1.165) is 16.6 Å². The number of carbonyl (C=O) groups excluding carboxylic acids is 1. The van der Waals surface area contributed by atoms with Crippen LogP contribution in [0.5, 0.6) is 0 Å². The highest BCUT2D eigenvalue weighted by Gasteiger charge is 2.10. The van der Waals surface area contributed by atoms with Crippen molar-refractivity contribution in [1.82, 2.24) is 9.97 Å². The number of nitrogens with zero attached hydrogens (tertiary/aromatic N) is 2. The molecule has 0 spiro atoms. The van der Waals surface area contributed by atoms with Gasteiger partial charge in [0.15, 0.2) is 0 Å². The van der Waals surface area contributed by atoms with Gasteiger partial charge in [0, 0.05) is 10.2 Å². The molecular formula is C19H17BrN4O. The van der Waals surface area contributed by atoms with Gasteiger partial charge >= 0.3 is 0 Å². The average molecular weight is 397 g/mol. The van der Waals surface area contributed by atoms with E-state index in [0.29, 0.717) is 11.5 Å². The molecular weight excluding hydrogens is 380 g/mol. The van der Waals surface area contributed by atoms with Crippen LogP contribution in [0.1, 0.15) is 23.0 Å². The molecule has 25 heavy (non-hydrogen) atoms. The summed E-state index contributed by atoms with van der Waals surface area (Å²) >= 11 is 3.40. The maximum Gasteiger partial charge on any atom is 0.275 e. The summed E-state index contributed by atoms with van der Waals surface area (Å²) in [5.41, 5.74) is 3.14. The Hall–Kier alpha value is -2.73. The molecule has 0 radical (unpaired) electrons. The van der Waals surface area contributed by atoms with Crippen LogP contribution in [-0.4, -0.2) is 15.9 Å². The van der Waals surface area contributed by atoms with Crippen molar-refractivity contribution in [3.63, 3.8) is 0 Å². The molecule has 3 rings (SSSR count). The van der Waals surface area contributed by atoms with Gasteiger partial charge in [0.1, 0.15) is 11.5 Å². The zero-order chi connectivity index (χ0) is 17.6. The molecule has 0 fully saturated rings. The van der Waals surface area contributed by atoms with Crippen LogP contribution in [0.2, 0.25) is 0 Å². The van der Waals surface area contributed by atoms with Crippen LogP contribution in [0.4, 0.5) is 17.2 Å². The van der Waals surface area contributed by atoms with E-state index in [1.165, 1.54) is 11.8 Å². The number of aryl methyl sites for hydroxylation is 1. The van der Waals surface area contributed by atoms with E-state index in [4.69, 9.17) is 0 Å². The van der Waals surface area contributed by atoms with Gasteiger partial charge in [-0.25, -0.2) is 9.97 Å². The van der Waals surface area contributed by atoms with Gasteiger partial charge in [0.05, 0.1) is 18.1 Å². The van der Waals surface area contributed by atoms with Gasteiger partial charge < -0.3 is 10.6 Å². The molecule has 6 heteroatoms. The zero-order valence-corrected chi connectivity index (χ0v) is 15.2. The lowest BCUT2D eigenvalue weighted by Gasteiger charge is -2.08. The molecule has 0 saturated carbocycles. The fourth-order valence-corrected chi connectivity index (χ4v) is 2.61. The quantitative estimate of drug-likeness (QED) is 0.649. The summed E-state index contributed by atoms with van der Waals surface area (Å²) in [5, 5.41) is 5.97. The summed E-state index contributed by atoms with van der Waals surface area (Å²) in [6, 6.07) is 15.5. The van der Waals surface area contributed by atoms with Crippen molar-refractivity contribution in [3.8, 4) is 0 Å². The number of nitrogens with one attached hydrogen (secondary N) is 2. The average Bonchev–Trinajstić information content (AvgIpc) is 2.65. The lowest BCUT2D eigenvalue weighted by atomic mass is 10.1. The molecule has 3 aromatic rings. The van der Waals surface area contributed by atoms with Crippen molar-refractivity contribution in [2.45, 2.75) is 13.3 Å². The number of carbonyl (C=O) groups is 1. The van der Waals surface area contributed by atoms with E-state index in [-0.39, 0.29) is 11.6 Å². The normalized spacial score (nSPS) is 10.3. The second-order valence-electron chi connectivity index (χ2n) is 5.40. The SMILES string of the molecule is CCc1ccc(Nc2cnc(C(=O)Nc3ccccc3Br)cn2)cc1. The summed E-state index contributed by atoms with van der Waals surface area (Å²) in [4.78, 5) is 20.7. The highest BCUT2D eigenvalue weighted by molar-refractivity contribution is 9.10. The zero-order valence-electron chi connectivity index (χ0n) is 13.7. The number of hydrogen-bond acceptors (Lipinski definition) is 4. The highest BCUT2D eigenvalue weighted by atomic mass is 79.9. The number of amides is 1. The van der Waals surface area contributed by atoms with Crippen LogP contribution in [0.15, 0.2) is 65.4 Å². The second kappa shape index (κ2) is 7.90. The van der Waals surface area contributed by atoms with E-state index in [1.807, 2.05) is 36.4 Å². The monoisotopic (exact) mass is 396 g/mol. The Balaban J connectivity index is 1.67. The smallest absolute Gasteiger partial charge is 0.275 e. The van der Waals surface area contributed by atoms with Crippen LogP contribution in [-0.2, 0) is 6.42 Å². The maximum absolute atomic E-state index is 12.3. The molecule has 0 aliphatic rings. The van der Waals surface area contributed by atoms with Crippen molar-refractivity contribution in [1.29, 1.82) is 0 Å². The Kier molecular flexibility index (Phi) is 5.40. The number of benzene rings is 2. The van der Waals surface area contributed by atoms with E-state index >= 15 is 0 Å². The molecule has 1 aromatic heterocycles. The third-order valence-electron chi connectivity index (χ3n) is 3.64. The molecule has 1 heterocycles. The molecule has 126 valence electrons. The molecule has 2 aromatic carbocycles. The standard InChI is InChI=1S/C19H17BrN4O/c1-2-13-7-9-14(10-8-13)23-18-12-21-17(11-22-18)19(25)24-16-6-4-3-5-15(16)20/h3-12H,2H2,1H3,(H,22,23)(H,24,25). The van der Waals surface area contributed by atoms with Crippen LogP contribution in [0, 0.1) is 0 Å². The molecule has 0 atom stereocenters. The van der Waals surface area contributed by atoms with Crippen molar-refractivity contribution < 1.29 is 4.79 Å². The fourth-order valence-electron chi connectivity index (χ4n) is 2.23. The third kappa shape index (κ3) is 4.42. The Morgan fingerprint density at radius 3 is 2.44 bits per heavy atom. The van der Waals surface area contributed by atoms with Crippen LogP contribution in [0.3, 0.4) is 0 Å². The van der Waals surface area contributed by atoms with Gasteiger partial charge in [-0.05, 0) is 52.2 Å². The first-order chi connectivity index (χ1) is 12.2. The van der Waals surface area contributed by atoms with E-state index in [2.05, 4.69) is 55.6 Å². The summed E-state index contributed by atoms with van der Waals surface area (Å²) in [7, 11) is 0. The molecule has 5 nitrogen and oxygen atoms in total. The first-order valence-corrected chi connectivity index (χ1v) is 8.69. The van der Waals surface area contributed by atoms with Crippen LogP contribution >= 0.6 is 15.9 Å². The number of aromatic nitrogens is 2. The minimum absolute atomic E-state index is 0.252. The minimum Gasteiger partial charge on any atom is -0.339 e. The number of anilines is 3. The van der Waals surface area contributed by atoms with Gasteiger partial charge in [-0.3, -0.25) is 4.79 Å². The maximum atomic E-state index is 12.3. The fraction of sp³-hybridized carbons (Fsp3) is 0.105. The molecule has 0 saturated heterocycles. The summed E-state index contributed by atoms with van der Waals surface area (Å²) < 4.78 is 0.810. The van der Waals surface area contributed by atoms with Gasteiger partial charge in [-0.2, -0.15) is 0 Å². The summed E-state index contributed by atoms with van der Waals surface area (Å²) in [5.74, 6) is 0.278. The third-order valence-corrected chi connectivity index (χ3v) is 4.33.